The summed E-state index contributed by atoms with van der Waals surface area (Å²) < 4.78 is 1.37. The van der Waals surface area contributed by atoms with Crippen molar-refractivity contribution in [3.05, 3.63) is 68.4 Å². The number of nitrogens with zero attached hydrogens (tertiary/aromatic N) is 3. The van der Waals surface area contributed by atoms with E-state index in [-0.39, 0.29) is 42.6 Å². The maximum absolute atomic E-state index is 13.4. The number of carbonyl (C=O) groups is 1. The van der Waals surface area contributed by atoms with Crippen LogP contribution in [-0.4, -0.2) is 45.5 Å². The van der Waals surface area contributed by atoms with Gasteiger partial charge in [0.05, 0.1) is 13.1 Å². The Morgan fingerprint density at radius 1 is 1.09 bits per heavy atom. The van der Waals surface area contributed by atoms with Gasteiger partial charge in [0.2, 0.25) is 5.91 Å². The molecule has 8 nitrogen and oxygen atoms in total. The lowest BCUT2D eigenvalue weighted by molar-refractivity contribution is -0.133. The minimum Gasteiger partial charge on any atom is -0.383 e. The molecule has 1 aliphatic rings. The second-order valence-electron chi connectivity index (χ2n) is 9.83. The Bertz CT molecular complexity index is 1140. The standard InChI is InChI=1S/C27H39N5O3/c1-19(2)32(20(3)4)23(33)18-30(16-15-21-11-7-5-8-12-21)24-25(28)31(27(35)29-26(24)34)17-22-13-9-6-10-14-22/h6,9-11,13-14,19-20H,5,7-8,12,15-18,28H2,1-4H3,(H,29,34,35). The lowest BCUT2D eigenvalue weighted by Gasteiger charge is -2.34. The topological polar surface area (TPSA) is 104 Å². The summed E-state index contributed by atoms with van der Waals surface area (Å²) in [5.74, 6) is 0.000837. The van der Waals surface area contributed by atoms with E-state index in [1.165, 1.54) is 16.6 Å². The second-order valence-corrected chi connectivity index (χ2v) is 9.83. The molecule has 1 aromatic heterocycles. The molecule has 0 saturated carbocycles. The van der Waals surface area contributed by atoms with E-state index >= 15 is 0 Å². The van der Waals surface area contributed by atoms with Gasteiger partial charge in [-0.3, -0.25) is 19.1 Å². The second kappa shape index (κ2) is 11.9. The van der Waals surface area contributed by atoms with Crippen LogP contribution < -0.4 is 21.9 Å². The fourth-order valence-corrected chi connectivity index (χ4v) is 4.90. The van der Waals surface area contributed by atoms with Crippen LogP contribution in [-0.2, 0) is 11.3 Å². The number of hydrogen-bond donors (Lipinski definition) is 2. The van der Waals surface area contributed by atoms with Crippen molar-refractivity contribution in [2.45, 2.75) is 78.4 Å². The van der Waals surface area contributed by atoms with Gasteiger partial charge in [-0.15, -0.1) is 0 Å². The predicted molar refractivity (Wildman–Crippen MR) is 142 cm³/mol. The molecule has 1 aromatic carbocycles. The Balaban J connectivity index is 1.99. The molecule has 0 aliphatic heterocycles. The zero-order valence-electron chi connectivity index (χ0n) is 21.4. The van der Waals surface area contributed by atoms with Crippen LogP contribution in [0.4, 0.5) is 11.5 Å². The molecule has 1 aliphatic carbocycles. The van der Waals surface area contributed by atoms with Crippen molar-refractivity contribution in [1.82, 2.24) is 14.5 Å². The van der Waals surface area contributed by atoms with Gasteiger partial charge in [-0.05, 0) is 65.4 Å². The minimum absolute atomic E-state index is 0.0143. The number of allylic oxidation sites excluding steroid dienone is 1. The van der Waals surface area contributed by atoms with Gasteiger partial charge in [-0.25, -0.2) is 4.79 Å². The molecule has 0 atom stereocenters. The van der Waals surface area contributed by atoms with E-state index < -0.39 is 11.2 Å². The number of anilines is 2. The van der Waals surface area contributed by atoms with Crippen molar-refractivity contribution in [2.75, 3.05) is 23.7 Å². The monoisotopic (exact) mass is 481 g/mol. The first-order chi connectivity index (χ1) is 16.7. The molecule has 0 saturated heterocycles. The number of benzene rings is 1. The molecule has 0 radical (unpaired) electrons. The van der Waals surface area contributed by atoms with Crippen LogP contribution in [0.15, 0.2) is 51.6 Å². The number of hydrogen-bond acceptors (Lipinski definition) is 5. The van der Waals surface area contributed by atoms with E-state index in [0.29, 0.717) is 6.54 Å². The highest BCUT2D eigenvalue weighted by atomic mass is 16.2. The molecule has 1 heterocycles. The maximum atomic E-state index is 13.4. The van der Waals surface area contributed by atoms with Gasteiger partial charge in [0, 0.05) is 18.6 Å². The lowest BCUT2D eigenvalue weighted by Crippen LogP contribution is -2.49. The van der Waals surface area contributed by atoms with Crippen molar-refractivity contribution in [3.63, 3.8) is 0 Å². The number of H-pyrrole nitrogens is 1. The summed E-state index contributed by atoms with van der Waals surface area (Å²) in [5.41, 5.74) is 7.75. The Hall–Kier alpha value is -3.29. The average Bonchev–Trinajstić information content (AvgIpc) is 2.80. The van der Waals surface area contributed by atoms with Crippen molar-refractivity contribution in [2.24, 2.45) is 0 Å². The Labute approximate surface area is 207 Å². The van der Waals surface area contributed by atoms with E-state index in [1.807, 2.05) is 62.9 Å². The lowest BCUT2D eigenvalue weighted by atomic mass is 9.97. The van der Waals surface area contributed by atoms with Crippen molar-refractivity contribution >= 4 is 17.4 Å². The first kappa shape index (κ1) is 26.3. The molecule has 3 N–H and O–H groups in total. The highest BCUT2D eigenvalue weighted by molar-refractivity contribution is 5.83. The SMILES string of the molecule is CC(C)N(C(=O)CN(CCC1=CCCCC1)c1c(N)n(Cc2ccccc2)c(=O)[nH]c1=O)C(C)C. The fourth-order valence-electron chi connectivity index (χ4n) is 4.90. The normalized spacial score (nSPS) is 13.7. The number of nitrogens with two attached hydrogens (primary N) is 1. The zero-order chi connectivity index (χ0) is 25.5. The first-order valence-corrected chi connectivity index (χ1v) is 12.6. The summed E-state index contributed by atoms with van der Waals surface area (Å²) in [7, 11) is 0. The van der Waals surface area contributed by atoms with E-state index in [2.05, 4.69) is 11.1 Å². The molecule has 8 heteroatoms. The van der Waals surface area contributed by atoms with Crippen LogP contribution in [0, 0.1) is 0 Å². The summed E-state index contributed by atoms with van der Waals surface area (Å²) in [5, 5.41) is 0. The predicted octanol–water partition coefficient (Wildman–Crippen LogP) is 3.51. The van der Waals surface area contributed by atoms with Crippen LogP contribution in [0.5, 0.6) is 0 Å². The van der Waals surface area contributed by atoms with E-state index in [0.717, 1.165) is 31.2 Å². The highest BCUT2D eigenvalue weighted by Crippen LogP contribution is 2.24. The Morgan fingerprint density at radius 2 is 1.77 bits per heavy atom. The number of aromatic nitrogens is 2. The minimum atomic E-state index is -0.567. The summed E-state index contributed by atoms with van der Waals surface area (Å²) >= 11 is 0. The van der Waals surface area contributed by atoms with Crippen LogP contribution in [0.1, 0.15) is 65.4 Å². The van der Waals surface area contributed by atoms with Crippen molar-refractivity contribution < 1.29 is 4.79 Å². The quantitative estimate of drug-likeness (QED) is 0.506. The van der Waals surface area contributed by atoms with Gasteiger partial charge in [-0.1, -0.05) is 42.0 Å². The molecule has 190 valence electrons. The van der Waals surface area contributed by atoms with Gasteiger partial charge < -0.3 is 15.5 Å². The van der Waals surface area contributed by atoms with Crippen LogP contribution in [0.3, 0.4) is 0 Å². The van der Waals surface area contributed by atoms with Gasteiger partial charge in [0.25, 0.3) is 5.56 Å². The van der Waals surface area contributed by atoms with Gasteiger partial charge in [0.1, 0.15) is 11.5 Å². The van der Waals surface area contributed by atoms with Crippen LogP contribution in [0.25, 0.3) is 0 Å². The molecule has 0 fully saturated rings. The molecular weight excluding hydrogens is 442 g/mol. The zero-order valence-corrected chi connectivity index (χ0v) is 21.4. The average molecular weight is 482 g/mol. The largest absolute Gasteiger partial charge is 0.383 e. The molecule has 0 unspecified atom stereocenters. The Morgan fingerprint density at radius 3 is 2.37 bits per heavy atom. The highest BCUT2D eigenvalue weighted by Gasteiger charge is 2.26. The number of amides is 1. The molecule has 35 heavy (non-hydrogen) atoms. The molecule has 0 bridgehead atoms. The number of carbonyl (C=O) groups excluding carboxylic acids is 1. The van der Waals surface area contributed by atoms with Crippen LogP contribution >= 0.6 is 0 Å². The third-order valence-electron chi connectivity index (χ3n) is 6.53. The number of aromatic amines is 1. The fraction of sp³-hybridized carbons (Fsp3) is 0.519. The molecule has 2 aromatic rings. The summed E-state index contributed by atoms with van der Waals surface area (Å²) in [6, 6.07) is 9.52. The maximum Gasteiger partial charge on any atom is 0.330 e. The molecule has 1 amide bonds. The van der Waals surface area contributed by atoms with E-state index in [4.69, 9.17) is 5.73 Å². The van der Waals surface area contributed by atoms with Gasteiger partial charge in [-0.2, -0.15) is 0 Å². The summed E-state index contributed by atoms with van der Waals surface area (Å²) in [4.78, 5) is 45.1. The van der Waals surface area contributed by atoms with Crippen molar-refractivity contribution in [3.8, 4) is 0 Å². The molecule has 3 rings (SSSR count). The smallest absolute Gasteiger partial charge is 0.330 e. The molecule has 0 spiro atoms. The van der Waals surface area contributed by atoms with E-state index in [9.17, 15) is 14.4 Å². The van der Waals surface area contributed by atoms with Gasteiger partial charge in [0.15, 0.2) is 0 Å². The first-order valence-electron chi connectivity index (χ1n) is 12.6. The summed E-state index contributed by atoms with van der Waals surface area (Å²) in [6.07, 6.45) is 7.46. The van der Waals surface area contributed by atoms with Gasteiger partial charge >= 0.3 is 5.69 Å². The number of rotatable bonds is 10. The number of nitrogen functional groups attached to an aromatic ring is 1. The third-order valence-corrected chi connectivity index (χ3v) is 6.53. The third kappa shape index (κ3) is 6.65. The summed E-state index contributed by atoms with van der Waals surface area (Å²) in [6.45, 7) is 8.64. The molecular formula is C27H39N5O3. The van der Waals surface area contributed by atoms with E-state index in [1.54, 1.807) is 4.90 Å². The van der Waals surface area contributed by atoms with Crippen LogP contribution in [0.2, 0.25) is 0 Å². The Kier molecular flexibility index (Phi) is 8.95. The van der Waals surface area contributed by atoms with Crippen molar-refractivity contribution in [1.29, 1.82) is 0 Å². The number of nitrogens with one attached hydrogen (secondary N) is 1.